The zero-order valence-corrected chi connectivity index (χ0v) is 12.3. The first-order valence-electron chi connectivity index (χ1n) is 5.08. The second-order valence-corrected chi connectivity index (χ2v) is 5.45. The molecule has 0 saturated heterocycles. The standard InChI is InChI=1S/C13H8Br2F2O/c14-9-3-1-2-8(4-9)7-18-12-6-10(15)5-11(16)13(12)17/h1-6H,7H2. The van der Waals surface area contributed by atoms with E-state index in [2.05, 4.69) is 31.9 Å². The minimum Gasteiger partial charge on any atom is -0.486 e. The highest BCUT2D eigenvalue weighted by molar-refractivity contribution is 9.10. The largest absolute Gasteiger partial charge is 0.486 e. The fourth-order valence-electron chi connectivity index (χ4n) is 1.43. The van der Waals surface area contributed by atoms with Crippen LogP contribution in [0, 0.1) is 11.6 Å². The lowest BCUT2D eigenvalue weighted by Crippen LogP contribution is -1.99. The molecule has 0 N–H and O–H groups in total. The normalized spacial score (nSPS) is 10.4. The van der Waals surface area contributed by atoms with Crippen LogP contribution in [-0.4, -0.2) is 0 Å². The summed E-state index contributed by atoms with van der Waals surface area (Å²) >= 11 is 6.42. The van der Waals surface area contributed by atoms with Gasteiger partial charge in [-0.05, 0) is 29.8 Å². The number of hydrogen-bond acceptors (Lipinski definition) is 1. The summed E-state index contributed by atoms with van der Waals surface area (Å²) in [5, 5.41) is 0. The molecule has 0 radical (unpaired) electrons. The van der Waals surface area contributed by atoms with Gasteiger partial charge in [0.05, 0.1) is 0 Å². The van der Waals surface area contributed by atoms with E-state index in [9.17, 15) is 8.78 Å². The van der Waals surface area contributed by atoms with E-state index < -0.39 is 11.6 Å². The van der Waals surface area contributed by atoms with Crippen LogP contribution in [0.3, 0.4) is 0 Å². The second kappa shape index (κ2) is 5.80. The smallest absolute Gasteiger partial charge is 0.200 e. The van der Waals surface area contributed by atoms with Crippen molar-refractivity contribution in [2.75, 3.05) is 0 Å². The lowest BCUT2D eigenvalue weighted by atomic mass is 10.2. The molecule has 0 aliphatic rings. The summed E-state index contributed by atoms with van der Waals surface area (Å²) in [5.41, 5.74) is 0.865. The van der Waals surface area contributed by atoms with Gasteiger partial charge in [0.2, 0.25) is 5.82 Å². The first-order chi connectivity index (χ1) is 8.56. The number of halogens is 4. The number of ether oxygens (including phenoxy) is 1. The Balaban J connectivity index is 2.15. The molecule has 0 aliphatic carbocycles. The first-order valence-corrected chi connectivity index (χ1v) is 6.66. The van der Waals surface area contributed by atoms with Gasteiger partial charge in [0.25, 0.3) is 0 Å². The fraction of sp³-hybridized carbons (Fsp3) is 0.0769. The molecular weight excluding hydrogens is 370 g/mol. The van der Waals surface area contributed by atoms with E-state index in [0.29, 0.717) is 4.47 Å². The van der Waals surface area contributed by atoms with Gasteiger partial charge in [-0.1, -0.05) is 44.0 Å². The molecule has 0 spiro atoms. The first kappa shape index (κ1) is 13.5. The van der Waals surface area contributed by atoms with Crippen molar-refractivity contribution in [1.82, 2.24) is 0 Å². The number of benzene rings is 2. The van der Waals surface area contributed by atoms with Crippen molar-refractivity contribution in [2.45, 2.75) is 6.61 Å². The van der Waals surface area contributed by atoms with Crippen molar-refractivity contribution in [3.05, 3.63) is 62.5 Å². The molecule has 0 bridgehead atoms. The highest BCUT2D eigenvalue weighted by Gasteiger charge is 2.11. The Hall–Kier alpha value is -0.940. The van der Waals surface area contributed by atoms with Crippen LogP contribution in [0.5, 0.6) is 5.75 Å². The van der Waals surface area contributed by atoms with Crippen LogP contribution in [0.1, 0.15) is 5.56 Å². The van der Waals surface area contributed by atoms with Crippen molar-refractivity contribution >= 4 is 31.9 Å². The topological polar surface area (TPSA) is 9.23 Å². The SMILES string of the molecule is Fc1cc(Br)cc(OCc2cccc(Br)c2)c1F. The lowest BCUT2D eigenvalue weighted by Gasteiger charge is -2.08. The van der Waals surface area contributed by atoms with Crippen molar-refractivity contribution in [3.63, 3.8) is 0 Å². The van der Waals surface area contributed by atoms with Crippen LogP contribution >= 0.6 is 31.9 Å². The molecule has 0 fully saturated rings. The Bertz CT molecular complexity index is 573. The van der Waals surface area contributed by atoms with Gasteiger partial charge in [-0.3, -0.25) is 0 Å². The van der Waals surface area contributed by atoms with Crippen molar-refractivity contribution in [1.29, 1.82) is 0 Å². The molecule has 18 heavy (non-hydrogen) atoms. The third kappa shape index (κ3) is 3.29. The van der Waals surface area contributed by atoms with Crippen molar-refractivity contribution < 1.29 is 13.5 Å². The maximum Gasteiger partial charge on any atom is 0.200 e. The summed E-state index contributed by atoms with van der Waals surface area (Å²) in [5.74, 6) is -2.02. The van der Waals surface area contributed by atoms with Crippen LogP contribution < -0.4 is 4.74 Å². The van der Waals surface area contributed by atoms with E-state index in [1.807, 2.05) is 24.3 Å². The molecule has 0 atom stereocenters. The molecule has 2 aromatic carbocycles. The third-order valence-electron chi connectivity index (χ3n) is 2.24. The van der Waals surface area contributed by atoms with Gasteiger partial charge in [-0.25, -0.2) is 4.39 Å². The Labute approximate surface area is 120 Å². The molecule has 0 aliphatic heterocycles. The monoisotopic (exact) mass is 376 g/mol. The fourth-order valence-corrected chi connectivity index (χ4v) is 2.28. The van der Waals surface area contributed by atoms with Gasteiger partial charge < -0.3 is 4.74 Å². The van der Waals surface area contributed by atoms with Crippen LogP contribution in [0.4, 0.5) is 8.78 Å². The molecule has 1 nitrogen and oxygen atoms in total. The van der Waals surface area contributed by atoms with Crippen LogP contribution in [-0.2, 0) is 6.61 Å². The zero-order valence-electron chi connectivity index (χ0n) is 9.09. The van der Waals surface area contributed by atoms with Gasteiger partial charge in [-0.15, -0.1) is 0 Å². The molecule has 0 aromatic heterocycles. The maximum absolute atomic E-state index is 13.4. The Kier molecular flexibility index (Phi) is 4.35. The molecule has 0 saturated carbocycles. The van der Waals surface area contributed by atoms with Gasteiger partial charge in [0.1, 0.15) is 6.61 Å². The van der Waals surface area contributed by atoms with Crippen molar-refractivity contribution in [3.8, 4) is 5.75 Å². The van der Waals surface area contributed by atoms with Crippen molar-refractivity contribution in [2.24, 2.45) is 0 Å². The highest BCUT2D eigenvalue weighted by Crippen LogP contribution is 2.26. The summed E-state index contributed by atoms with van der Waals surface area (Å²) in [6.45, 7) is 0.173. The Morgan fingerprint density at radius 2 is 1.78 bits per heavy atom. The lowest BCUT2D eigenvalue weighted by molar-refractivity contribution is 0.284. The molecule has 0 amide bonds. The minimum absolute atomic E-state index is 0.109. The highest BCUT2D eigenvalue weighted by atomic mass is 79.9. The molecule has 0 unspecified atom stereocenters. The summed E-state index contributed by atoms with van der Waals surface area (Å²) in [7, 11) is 0. The summed E-state index contributed by atoms with van der Waals surface area (Å²) in [6.07, 6.45) is 0. The summed E-state index contributed by atoms with van der Waals surface area (Å²) in [4.78, 5) is 0. The minimum atomic E-state index is -0.979. The van der Waals surface area contributed by atoms with E-state index in [-0.39, 0.29) is 12.4 Å². The number of hydrogen-bond donors (Lipinski definition) is 0. The van der Waals surface area contributed by atoms with E-state index >= 15 is 0 Å². The van der Waals surface area contributed by atoms with Gasteiger partial charge in [-0.2, -0.15) is 4.39 Å². The molecule has 0 heterocycles. The number of rotatable bonds is 3. The summed E-state index contributed by atoms with van der Waals surface area (Å²) < 4.78 is 33.2. The zero-order chi connectivity index (χ0) is 13.1. The van der Waals surface area contributed by atoms with E-state index in [1.54, 1.807) is 0 Å². The summed E-state index contributed by atoms with van der Waals surface area (Å²) in [6, 6.07) is 9.88. The van der Waals surface area contributed by atoms with Gasteiger partial charge in [0, 0.05) is 8.95 Å². The predicted molar refractivity (Wildman–Crippen MR) is 72.5 cm³/mol. The Morgan fingerprint density at radius 1 is 1.00 bits per heavy atom. The van der Waals surface area contributed by atoms with E-state index in [4.69, 9.17) is 4.74 Å². The van der Waals surface area contributed by atoms with Crippen LogP contribution in [0.25, 0.3) is 0 Å². The molecule has 94 valence electrons. The second-order valence-electron chi connectivity index (χ2n) is 3.62. The molecule has 5 heteroatoms. The van der Waals surface area contributed by atoms with Gasteiger partial charge >= 0.3 is 0 Å². The molecular formula is C13H8Br2F2O. The maximum atomic E-state index is 13.4. The van der Waals surface area contributed by atoms with Crippen LogP contribution in [0.2, 0.25) is 0 Å². The van der Waals surface area contributed by atoms with E-state index in [1.165, 1.54) is 6.07 Å². The van der Waals surface area contributed by atoms with E-state index in [0.717, 1.165) is 16.1 Å². The Morgan fingerprint density at radius 3 is 2.50 bits per heavy atom. The predicted octanol–water partition coefficient (Wildman–Crippen LogP) is 5.07. The average Bonchev–Trinajstić information content (AvgIpc) is 2.32. The van der Waals surface area contributed by atoms with Crippen LogP contribution in [0.15, 0.2) is 45.3 Å². The molecule has 2 aromatic rings. The average molecular weight is 378 g/mol. The molecule has 2 rings (SSSR count). The van der Waals surface area contributed by atoms with Gasteiger partial charge in [0.15, 0.2) is 11.6 Å². The quantitative estimate of drug-likeness (QED) is 0.678. The third-order valence-corrected chi connectivity index (χ3v) is 3.19.